The van der Waals surface area contributed by atoms with Crippen LogP contribution < -0.4 is 19.9 Å². The van der Waals surface area contributed by atoms with Crippen molar-refractivity contribution in [2.45, 2.75) is 20.0 Å². The molecule has 0 aliphatic carbocycles. The number of ether oxygens (including phenoxy) is 3. The van der Waals surface area contributed by atoms with E-state index >= 15 is 0 Å². The minimum atomic E-state index is -0.337. The fourth-order valence-corrected chi connectivity index (χ4v) is 3.80. The van der Waals surface area contributed by atoms with Crippen LogP contribution in [0.3, 0.4) is 0 Å². The Hall–Kier alpha value is -3.59. The van der Waals surface area contributed by atoms with E-state index in [9.17, 15) is 9.59 Å². The molecule has 1 aromatic heterocycles. The zero-order chi connectivity index (χ0) is 24.1. The second-order valence-electron chi connectivity index (χ2n) is 7.88. The van der Waals surface area contributed by atoms with Crippen LogP contribution in [0.15, 0.2) is 35.1 Å². The molecule has 0 atom stereocenters. The first-order valence-electron chi connectivity index (χ1n) is 10.5. The lowest BCUT2D eigenvalue weighted by Crippen LogP contribution is -2.29. The third-order valence-corrected chi connectivity index (χ3v) is 5.46. The summed E-state index contributed by atoms with van der Waals surface area (Å²) in [6, 6.07) is 9.69. The molecule has 0 unspecified atom stereocenters. The maximum Gasteiger partial charge on any atom is 0.282 e. The second-order valence-corrected chi connectivity index (χ2v) is 7.88. The van der Waals surface area contributed by atoms with Gasteiger partial charge in [0.15, 0.2) is 11.5 Å². The van der Waals surface area contributed by atoms with Crippen molar-refractivity contribution in [2.24, 2.45) is 0 Å². The molecule has 3 aromatic rings. The minimum Gasteiger partial charge on any atom is -0.493 e. The SMILES string of the molecule is COCC(=O)N(C)Cc1cccc(CN(C)c2nc(=O)c3c(C)c(OC)c(OC)cc3[nH]2)c1. The molecule has 176 valence electrons. The fourth-order valence-electron chi connectivity index (χ4n) is 3.80. The van der Waals surface area contributed by atoms with Crippen molar-refractivity contribution in [1.82, 2.24) is 14.9 Å². The number of nitrogens with zero attached hydrogens (tertiary/aromatic N) is 3. The van der Waals surface area contributed by atoms with Gasteiger partial charge in [-0.3, -0.25) is 9.59 Å². The van der Waals surface area contributed by atoms with E-state index in [0.717, 1.165) is 11.1 Å². The molecule has 3 rings (SSSR count). The summed E-state index contributed by atoms with van der Waals surface area (Å²) >= 11 is 0. The maximum atomic E-state index is 12.8. The van der Waals surface area contributed by atoms with Gasteiger partial charge in [-0.15, -0.1) is 0 Å². The summed E-state index contributed by atoms with van der Waals surface area (Å²) in [5.74, 6) is 1.42. The number of fused-ring (bicyclic) bond motifs is 1. The van der Waals surface area contributed by atoms with Gasteiger partial charge in [0.1, 0.15) is 6.61 Å². The van der Waals surface area contributed by atoms with E-state index in [-0.39, 0.29) is 18.1 Å². The van der Waals surface area contributed by atoms with Crippen molar-refractivity contribution in [2.75, 3.05) is 46.9 Å². The van der Waals surface area contributed by atoms with E-state index in [1.54, 1.807) is 32.2 Å². The zero-order valence-corrected chi connectivity index (χ0v) is 19.9. The highest BCUT2D eigenvalue weighted by Crippen LogP contribution is 2.35. The Balaban J connectivity index is 1.86. The van der Waals surface area contributed by atoms with Gasteiger partial charge in [-0.1, -0.05) is 24.3 Å². The fraction of sp³-hybridized carbons (Fsp3) is 0.375. The van der Waals surface area contributed by atoms with Crippen molar-refractivity contribution < 1.29 is 19.0 Å². The van der Waals surface area contributed by atoms with Crippen LogP contribution in [-0.2, 0) is 22.6 Å². The minimum absolute atomic E-state index is 0.0516. The molecule has 9 nitrogen and oxygen atoms in total. The van der Waals surface area contributed by atoms with Crippen LogP contribution in [0, 0.1) is 6.92 Å². The number of H-pyrrole nitrogens is 1. The highest BCUT2D eigenvalue weighted by molar-refractivity contribution is 5.86. The van der Waals surface area contributed by atoms with Gasteiger partial charge in [-0.2, -0.15) is 4.98 Å². The smallest absolute Gasteiger partial charge is 0.282 e. The molecule has 1 N–H and O–H groups in total. The third kappa shape index (κ3) is 5.25. The quantitative estimate of drug-likeness (QED) is 0.531. The number of carbonyl (C=O) groups excluding carboxylic acids is 1. The average molecular weight is 455 g/mol. The first-order valence-corrected chi connectivity index (χ1v) is 10.5. The molecule has 1 heterocycles. The summed E-state index contributed by atoms with van der Waals surface area (Å²) < 4.78 is 15.7. The Bertz CT molecular complexity index is 1210. The van der Waals surface area contributed by atoms with Gasteiger partial charge in [-0.25, -0.2) is 0 Å². The summed E-state index contributed by atoms with van der Waals surface area (Å²) in [6.45, 7) is 2.86. The molecule has 0 saturated heterocycles. The van der Waals surface area contributed by atoms with Crippen LogP contribution in [0.5, 0.6) is 11.5 Å². The van der Waals surface area contributed by atoms with Crippen LogP contribution in [0.25, 0.3) is 10.9 Å². The second kappa shape index (κ2) is 10.4. The van der Waals surface area contributed by atoms with E-state index in [0.29, 0.717) is 47.0 Å². The van der Waals surface area contributed by atoms with Gasteiger partial charge in [0, 0.05) is 45.9 Å². The Morgan fingerprint density at radius 3 is 2.39 bits per heavy atom. The molecule has 2 aromatic carbocycles. The Labute approximate surface area is 192 Å². The monoisotopic (exact) mass is 454 g/mol. The first-order chi connectivity index (χ1) is 15.8. The third-order valence-electron chi connectivity index (χ3n) is 5.46. The number of carbonyl (C=O) groups is 1. The number of benzene rings is 2. The van der Waals surface area contributed by atoms with E-state index in [1.807, 2.05) is 43.1 Å². The van der Waals surface area contributed by atoms with E-state index in [4.69, 9.17) is 14.2 Å². The molecule has 0 fully saturated rings. The van der Waals surface area contributed by atoms with E-state index in [2.05, 4.69) is 9.97 Å². The summed E-state index contributed by atoms with van der Waals surface area (Å²) in [6.07, 6.45) is 0. The molecular weight excluding hydrogens is 424 g/mol. The summed E-state index contributed by atoms with van der Waals surface area (Å²) in [7, 11) is 8.21. The largest absolute Gasteiger partial charge is 0.493 e. The molecular formula is C24H30N4O5. The van der Waals surface area contributed by atoms with Crippen LogP contribution in [0.2, 0.25) is 0 Å². The molecule has 9 heteroatoms. The van der Waals surface area contributed by atoms with Crippen molar-refractivity contribution in [3.8, 4) is 11.5 Å². The standard InChI is InChI=1S/C24H30N4O5/c1-15-21-18(11-19(32-5)22(15)33-6)25-24(26-23(21)30)28(3)13-17-9-7-8-16(10-17)12-27(2)20(29)14-31-4/h7-11H,12-14H2,1-6H3,(H,25,26,30). The number of anilines is 1. The van der Waals surface area contributed by atoms with Crippen molar-refractivity contribution in [1.29, 1.82) is 0 Å². The summed E-state index contributed by atoms with van der Waals surface area (Å²) in [4.78, 5) is 35.8. The Morgan fingerprint density at radius 2 is 1.76 bits per heavy atom. The predicted octanol–water partition coefficient (Wildman–Crippen LogP) is 2.49. The van der Waals surface area contributed by atoms with Gasteiger partial charge in [0.25, 0.3) is 5.56 Å². The highest BCUT2D eigenvalue weighted by Gasteiger charge is 2.17. The number of hydrogen-bond donors (Lipinski definition) is 1. The first kappa shape index (κ1) is 24.1. The molecule has 0 spiro atoms. The van der Waals surface area contributed by atoms with Crippen molar-refractivity contribution in [3.05, 3.63) is 57.4 Å². The van der Waals surface area contributed by atoms with Gasteiger partial charge < -0.3 is 29.0 Å². The maximum absolute atomic E-state index is 12.8. The number of aromatic amines is 1. The Morgan fingerprint density at radius 1 is 1.06 bits per heavy atom. The molecule has 1 amide bonds. The number of aromatic nitrogens is 2. The number of methoxy groups -OCH3 is 3. The lowest BCUT2D eigenvalue weighted by atomic mass is 10.1. The zero-order valence-electron chi connectivity index (χ0n) is 19.9. The number of likely N-dealkylation sites (N-methyl/N-ethyl adjacent to an activating group) is 1. The Kier molecular flexibility index (Phi) is 7.55. The van der Waals surface area contributed by atoms with Gasteiger partial charge >= 0.3 is 0 Å². The number of aryl methyl sites for hydroxylation is 1. The molecule has 0 aliphatic rings. The summed E-state index contributed by atoms with van der Waals surface area (Å²) in [5, 5.41) is 0.468. The normalized spacial score (nSPS) is 10.8. The molecule has 0 radical (unpaired) electrons. The van der Waals surface area contributed by atoms with E-state index < -0.39 is 0 Å². The molecule has 0 aliphatic heterocycles. The van der Waals surface area contributed by atoms with Gasteiger partial charge in [0.2, 0.25) is 11.9 Å². The van der Waals surface area contributed by atoms with Crippen molar-refractivity contribution >= 4 is 22.8 Å². The lowest BCUT2D eigenvalue weighted by Gasteiger charge is -2.20. The molecule has 33 heavy (non-hydrogen) atoms. The average Bonchev–Trinajstić information content (AvgIpc) is 2.78. The molecule has 0 bridgehead atoms. The van der Waals surface area contributed by atoms with E-state index in [1.165, 1.54) is 7.11 Å². The highest BCUT2D eigenvalue weighted by atomic mass is 16.5. The summed E-state index contributed by atoms with van der Waals surface area (Å²) in [5.41, 5.74) is 2.99. The van der Waals surface area contributed by atoms with Crippen LogP contribution in [0.4, 0.5) is 5.95 Å². The van der Waals surface area contributed by atoms with Crippen LogP contribution in [0.1, 0.15) is 16.7 Å². The van der Waals surface area contributed by atoms with Gasteiger partial charge in [0.05, 0.1) is 25.1 Å². The number of hydrogen-bond acceptors (Lipinski definition) is 7. The predicted molar refractivity (Wildman–Crippen MR) is 127 cm³/mol. The number of nitrogens with one attached hydrogen (secondary N) is 1. The number of amides is 1. The topological polar surface area (TPSA) is 97.0 Å². The molecule has 0 saturated carbocycles. The van der Waals surface area contributed by atoms with Crippen LogP contribution in [-0.4, -0.2) is 62.8 Å². The number of rotatable bonds is 9. The lowest BCUT2D eigenvalue weighted by molar-refractivity contribution is -0.134. The van der Waals surface area contributed by atoms with Gasteiger partial charge in [-0.05, 0) is 18.1 Å². The van der Waals surface area contributed by atoms with Crippen molar-refractivity contribution in [3.63, 3.8) is 0 Å². The van der Waals surface area contributed by atoms with Crippen LogP contribution >= 0.6 is 0 Å².